The summed E-state index contributed by atoms with van der Waals surface area (Å²) >= 11 is 4.96. The summed E-state index contributed by atoms with van der Waals surface area (Å²) in [6.07, 6.45) is 0. The Morgan fingerprint density at radius 3 is 2.72 bits per heavy atom. The van der Waals surface area contributed by atoms with Crippen LogP contribution in [0.2, 0.25) is 0 Å². The second-order valence-electron chi connectivity index (χ2n) is 5.07. The van der Waals surface area contributed by atoms with Gasteiger partial charge >= 0.3 is 0 Å². The molecule has 0 aliphatic carbocycles. The molecule has 2 aromatic carbocycles. The number of hydrogen-bond donors (Lipinski definition) is 3. The van der Waals surface area contributed by atoms with Gasteiger partial charge in [0.1, 0.15) is 11.5 Å². The molecule has 0 bridgehead atoms. The molecular formula is C16H15N3O5S. The fourth-order valence-corrected chi connectivity index (χ4v) is 2.13. The van der Waals surface area contributed by atoms with Gasteiger partial charge in [-0.05, 0) is 42.9 Å². The molecule has 0 spiro atoms. The number of carbonyl (C=O) groups excluding carboxylic acids is 1. The van der Waals surface area contributed by atoms with Crippen molar-refractivity contribution in [3.8, 4) is 11.5 Å². The summed E-state index contributed by atoms with van der Waals surface area (Å²) in [4.78, 5) is 21.8. The lowest BCUT2D eigenvalue weighted by Crippen LogP contribution is -2.37. The van der Waals surface area contributed by atoms with E-state index in [1.165, 1.54) is 12.1 Å². The van der Waals surface area contributed by atoms with E-state index in [9.17, 15) is 20.0 Å². The van der Waals surface area contributed by atoms with E-state index in [-0.39, 0.29) is 28.8 Å². The first-order valence-corrected chi connectivity index (χ1v) is 7.53. The van der Waals surface area contributed by atoms with Gasteiger partial charge in [-0.3, -0.25) is 20.2 Å². The summed E-state index contributed by atoms with van der Waals surface area (Å²) in [5.74, 6) is -0.288. The third-order valence-electron chi connectivity index (χ3n) is 3.05. The highest BCUT2D eigenvalue weighted by Crippen LogP contribution is 2.27. The first-order valence-electron chi connectivity index (χ1n) is 7.13. The van der Waals surface area contributed by atoms with E-state index < -0.39 is 10.8 Å². The van der Waals surface area contributed by atoms with Gasteiger partial charge in [-0.1, -0.05) is 12.1 Å². The highest BCUT2D eigenvalue weighted by Gasteiger charge is 2.12. The number of anilines is 1. The monoisotopic (exact) mass is 361 g/mol. The van der Waals surface area contributed by atoms with Crippen LogP contribution in [0.25, 0.3) is 0 Å². The number of nitrogens with one attached hydrogen (secondary N) is 2. The molecule has 0 aliphatic heterocycles. The van der Waals surface area contributed by atoms with Crippen LogP contribution in [0.1, 0.15) is 5.56 Å². The first-order chi connectivity index (χ1) is 11.8. The number of non-ortho nitro benzene ring substituents is 1. The van der Waals surface area contributed by atoms with E-state index in [4.69, 9.17) is 17.0 Å². The molecule has 1 amide bonds. The van der Waals surface area contributed by atoms with Crippen molar-refractivity contribution >= 4 is 34.6 Å². The predicted molar refractivity (Wildman–Crippen MR) is 95.8 cm³/mol. The van der Waals surface area contributed by atoms with Gasteiger partial charge in [0.25, 0.3) is 11.6 Å². The molecule has 0 saturated carbocycles. The Balaban J connectivity index is 1.87. The van der Waals surface area contributed by atoms with Crippen LogP contribution < -0.4 is 15.4 Å². The molecule has 2 aromatic rings. The number of rotatable bonds is 5. The lowest BCUT2D eigenvalue weighted by atomic mass is 10.2. The molecule has 0 heterocycles. The Morgan fingerprint density at radius 1 is 1.32 bits per heavy atom. The first kappa shape index (κ1) is 18.1. The fraction of sp³-hybridized carbons (Fsp3) is 0.125. The number of hydrogen-bond acceptors (Lipinski definition) is 6. The highest BCUT2D eigenvalue weighted by atomic mass is 32.1. The van der Waals surface area contributed by atoms with E-state index in [0.29, 0.717) is 5.75 Å². The summed E-state index contributed by atoms with van der Waals surface area (Å²) in [7, 11) is 0. The van der Waals surface area contributed by atoms with Gasteiger partial charge in [0.15, 0.2) is 11.7 Å². The number of thiocarbonyl (C=S) groups is 1. The number of ether oxygens (including phenoxy) is 1. The Hall–Kier alpha value is -3.20. The quantitative estimate of drug-likeness (QED) is 0.324. The Morgan fingerprint density at radius 2 is 2.08 bits per heavy atom. The van der Waals surface area contributed by atoms with Crippen molar-refractivity contribution in [2.45, 2.75) is 6.92 Å². The average Bonchev–Trinajstić information content (AvgIpc) is 2.54. The maximum atomic E-state index is 11.8. The summed E-state index contributed by atoms with van der Waals surface area (Å²) in [5.41, 5.74) is 0.879. The van der Waals surface area contributed by atoms with Gasteiger partial charge in [-0.2, -0.15) is 0 Å². The number of phenols is 1. The molecule has 0 fully saturated rings. The maximum Gasteiger partial charge on any atom is 0.273 e. The molecular weight excluding hydrogens is 346 g/mol. The van der Waals surface area contributed by atoms with Crippen LogP contribution in [0, 0.1) is 17.0 Å². The number of carbonyl (C=O) groups is 1. The minimum atomic E-state index is -0.633. The van der Waals surface area contributed by atoms with Crippen LogP contribution in [0.15, 0.2) is 42.5 Å². The van der Waals surface area contributed by atoms with E-state index in [1.807, 2.05) is 19.1 Å². The normalized spacial score (nSPS) is 9.96. The molecule has 8 nitrogen and oxygen atoms in total. The van der Waals surface area contributed by atoms with Gasteiger partial charge < -0.3 is 15.2 Å². The molecule has 0 unspecified atom stereocenters. The van der Waals surface area contributed by atoms with Gasteiger partial charge in [0.2, 0.25) is 0 Å². The number of benzene rings is 2. The van der Waals surface area contributed by atoms with Gasteiger partial charge in [0, 0.05) is 6.07 Å². The smallest absolute Gasteiger partial charge is 0.273 e. The van der Waals surface area contributed by atoms with Crippen LogP contribution in [-0.2, 0) is 4.79 Å². The fourth-order valence-electron chi connectivity index (χ4n) is 1.91. The number of amides is 1. The van der Waals surface area contributed by atoms with Crippen molar-refractivity contribution < 1.29 is 19.6 Å². The largest absolute Gasteiger partial charge is 0.506 e. The number of phenolic OH excluding ortho intramolecular Hbond substituents is 1. The summed E-state index contributed by atoms with van der Waals surface area (Å²) in [6.45, 7) is 1.67. The Bertz CT molecular complexity index is 825. The average molecular weight is 361 g/mol. The van der Waals surface area contributed by atoms with E-state index >= 15 is 0 Å². The molecule has 0 atom stereocenters. The summed E-state index contributed by atoms with van der Waals surface area (Å²) < 4.78 is 5.34. The Labute approximate surface area is 148 Å². The number of aryl methyl sites for hydroxylation is 1. The van der Waals surface area contributed by atoms with Crippen molar-refractivity contribution in [2.75, 3.05) is 11.9 Å². The second-order valence-corrected chi connectivity index (χ2v) is 5.47. The van der Waals surface area contributed by atoms with Crippen molar-refractivity contribution in [1.82, 2.24) is 5.32 Å². The molecule has 3 N–H and O–H groups in total. The van der Waals surface area contributed by atoms with Gasteiger partial charge in [-0.15, -0.1) is 0 Å². The molecule has 0 aliphatic rings. The zero-order valence-electron chi connectivity index (χ0n) is 13.2. The number of aromatic hydroxyl groups is 1. The van der Waals surface area contributed by atoms with E-state index in [0.717, 1.165) is 11.6 Å². The molecule has 0 saturated heterocycles. The second kappa shape index (κ2) is 8.06. The maximum absolute atomic E-state index is 11.8. The summed E-state index contributed by atoms with van der Waals surface area (Å²) in [6, 6.07) is 10.7. The van der Waals surface area contributed by atoms with Crippen LogP contribution in [0.4, 0.5) is 11.4 Å². The van der Waals surface area contributed by atoms with E-state index in [2.05, 4.69) is 10.6 Å². The summed E-state index contributed by atoms with van der Waals surface area (Å²) in [5, 5.41) is 25.3. The van der Waals surface area contributed by atoms with Crippen LogP contribution in [-0.4, -0.2) is 27.7 Å². The van der Waals surface area contributed by atoms with Crippen molar-refractivity contribution in [1.29, 1.82) is 0 Å². The van der Waals surface area contributed by atoms with Crippen molar-refractivity contribution in [2.24, 2.45) is 0 Å². The van der Waals surface area contributed by atoms with Crippen molar-refractivity contribution in [3.05, 3.63) is 58.1 Å². The lowest BCUT2D eigenvalue weighted by molar-refractivity contribution is -0.384. The van der Waals surface area contributed by atoms with Crippen LogP contribution in [0.3, 0.4) is 0 Å². The zero-order chi connectivity index (χ0) is 18.4. The highest BCUT2D eigenvalue weighted by molar-refractivity contribution is 7.80. The van der Waals surface area contributed by atoms with Gasteiger partial charge in [0.05, 0.1) is 16.7 Å². The van der Waals surface area contributed by atoms with Crippen molar-refractivity contribution in [3.63, 3.8) is 0 Å². The van der Waals surface area contributed by atoms with Gasteiger partial charge in [-0.25, -0.2) is 0 Å². The zero-order valence-corrected chi connectivity index (χ0v) is 14.0. The number of nitro groups is 1. The standard InChI is InChI=1S/C16H15N3O5S/c1-10-3-2-4-12(7-10)24-9-15(21)18-16(25)17-13-6-5-11(19(22)23)8-14(13)20/h2-8,20H,9H2,1H3,(H2,17,18,21,25). The Kier molecular flexibility index (Phi) is 5.85. The number of nitro benzene ring substituents is 1. The predicted octanol–water partition coefficient (Wildman–Crippen LogP) is 2.50. The molecule has 0 radical (unpaired) electrons. The number of nitrogens with zero attached hydrogens (tertiary/aromatic N) is 1. The third-order valence-corrected chi connectivity index (χ3v) is 3.26. The molecule has 130 valence electrons. The molecule has 25 heavy (non-hydrogen) atoms. The van der Waals surface area contributed by atoms with Crippen LogP contribution >= 0.6 is 12.2 Å². The molecule has 9 heteroatoms. The topological polar surface area (TPSA) is 114 Å². The van der Waals surface area contributed by atoms with E-state index in [1.54, 1.807) is 12.1 Å². The van der Waals surface area contributed by atoms with Crippen LogP contribution in [0.5, 0.6) is 11.5 Å². The molecule has 2 rings (SSSR count). The molecule has 0 aromatic heterocycles. The SMILES string of the molecule is Cc1cccc(OCC(=O)NC(=S)Nc2ccc([N+](=O)[O-])cc2O)c1. The minimum Gasteiger partial charge on any atom is -0.506 e. The lowest BCUT2D eigenvalue weighted by Gasteiger charge is -2.11. The third kappa shape index (κ3) is 5.43. The minimum absolute atomic E-state index is 0.0676.